The zero-order chi connectivity index (χ0) is 22.0. The molecule has 2 aromatic carbocycles. The van der Waals surface area contributed by atoms with Crippen molar-refractivity contribution >= 4 is 16.9 Å². The van der Waals surface area contributed by atoms with Crippen LogP contribution >= 0.6 is 0 Å². The monoisotopic (exact) mass is 419 g/mol. The largest absolute Gasteiger partial charge is 0.455 e. The van der Waals surface area contributed by atoms with Crippen molar-refractivity contribution in [3.63, 3.8) is 0 Å². The van der Waals surface area contributed by atoms with Crippen LogP contribution in [0.15, 0.2) is 70.5 Å². The van der Waals surface area contributed by atoms with Gasteiger partial charge in [-0.25, -0.2) is 9.78 Å². The van der Waals surface area contributed by atoms with Gasteiger partial charge < -0.3 is 14.2 Å². The van der Waals surface area contributed by atoms with E-state index >= 15 is 0 Å². The van der Waals surface area contributed by atoms with E-state index in [4.69, 9.17) is 4.74 Å². The maximum Gasteiger partial charge on any atom is 0.332 e. The van der Waals surface area contributed by atoms with Crippen LogP contribution in [0.2, 0.25) is 0 Å². The highest BCUT2D eigenvalue weighted by atomic mass is 16.5. The average Bonchev–Trinajstić information content (AvgIpc) is 3.17. The van der Waals surface area contributed by atoms with Gasteiger partial charge in [-0.3, -0.25) is 13.9 Å². The van der Waals surface area contributed by atoms with Crippen LogP contribution in [-0.2, 0) is 20.6 Å². The number of nitrogens with zero attached hydrogens (tertiary/aromatic N) is 5. The van der Waals surface area contributed by atoms with Gasteiger partial charge in [0.25, 0.3) is 5.56 Å². The second kappa shape index (κ2) is 8.51. The Kier molecular flexibility index (Phi) is 5.62. The Hall–Kier alpha value is -3.81. The van der Waals surface area contributed by atoms with Crippen molar-refractivity contribution in [2.75, 3.05) is 18.5 Å². The molecule has 0 spiro atoms. The zero-order valence-corrected chi connectivity index (χ0v) is 17.9. The zero-order valence-electron chi connectivity index (χ0n) is 17.9. The van der Waals surface area contributed by atoms with E-state index in [-0.39, 0.29) is 11.2 Å². The molecule has 2 heterocycles. The Balaban J connectivity index is 1.51. The second-order valence-corrected chi connectivity index (χ2v) is 7.48. The van der Waals surface area contributed by atoms with Gasteiger partial charge in [-0.15, -0.1) is 0 Å². The normalized spacial score (nSPS) is 11.1. The topological polar surface area (TPSA) is 74.3 Å². The Morgan fingerprint density at radius 2 is 1.71 bits per heavy atom. The molecule has 160 valence electrons. The number of aromatic nitrogens is 4. The van der Waals surface area contributed by atoms with Gasteiger partial charge in [-0.05, 0) is 30.7 Å². The molecule has 8 heteroatoms. The molecule has 2 aromatic heterocycles. The molecular formula is C23H25N5O3. The number of para-hydroxylation sites is 3. The molecule has 31 heavy (non-hydrogen) atoms. The van der Waals surface area contributed by atoms with Gasteiger partial charge >= 0.3 is 5.69 Å². The molecule has 0 aliphatic rings. The fourth-order valence-corrected chi connectivity index (χ4v) is 3.65. The molecule has 0 aliphatic heterocycles. The van der Waals surface area contributed by atoms with Crippen LogP contribution in [0.25, 0.3) is 11.2 Å². The van der Waals surface area contributed by atoms with Crippen LogP contribution in [0.4, 0.5) is 5.69 Å². The van der Waals surface area contributed by atoms with Crippen molar-refractivity contribution in [3.8, 4) is 11.5 Å². The van der Waals surface area contributed by atoms with Crippen LogP contribution in [0, 0.1) is 0 Å². The quantitative estimate of drug-likeness (QED) is 0.461. The van der Waals surface area contributed by atoms with Gasteiger partial charge in [0, 0.05) is 34.2 Å². The van der Waals surface area contributed by atoms with E-state index in [1.54, 1.807) is 25.0 Å². The van der Waals surface area contributed by atoms with Gasteiger partial charge in [0.1, 0.15) is 5.75 Å². The summed E-state index contributed by atoms with van der Waals surface area (Å²) < 4.78 is 10.4. The number of benzene rings is 2. The Bertz CT molecular complexity index is 1320. The summed E-state index contributed by atoms with van der Waals surface area (Å²) in [6.07, 6.45) is 2.17. The summed E-state index contributed by atoms with van der Waals surface area (Å²) in [6, 6.07) is 17.4. The molecule has 4 aromatic rings. The standard InChI is InChI=1S/C23H25N5O3/c1-25(18-12-7-8-13-19(18)31-17-10-5-4-6-11-17)14-9-15-28-22(29)20-21(24-16-26(20)2)27(3)23(28)30/h4-8,10-13,16H,9,14-15H2,1-3H3. The summed E-state index contributed by atoms with van der Waals surface area (Å²) in [7, 11) is 5.36. The van der Waals surface area contributed by atoms with Crippen molar-refractivity contribution in [1.82, 2.24) is 18.7 Å². The summed E-state index contributed by atoms with van der Waals surface area (Å²) >= 11 is 0. The Morgan fingerprint density at radius 1 is 1.00 bits per heavy atom. The molecule has 0 radical (unpaired) electrons. The third-order valence-electron chi connectivity index (χ3n) is 5.32. The highest BCUT2D eigenvalue weighted by molar-refractivity contribution is 5.69. The first-order valence-electron chi connectivity index (χ1n) is 10.1. The van der Waals surface area contributed by atoms with Gasteiger partial charge in [-0.1, -0.05) is 30.3 Å². The molecule has 4 rings (SSSR count). The number of hydrogen-bond donors (Lipinski definition) is 0. The predicted molar refractivity (Wildman–Crippen MR) is 121 cm³/mol. The summed E-state index contributed by atoms with van der Waals surface area (Å²) in [5, 5.41) is 0. The second-order valence-electron chi connectivity index (χ2n) is 7.48. The minimum absolute atomic E-state index is 0.312. The predicted octanol–water partition coefficient (Wildman–Crippen LogP) is 2.75. The molecule has 0 aliphatic carbocycles. The van der Waals surface area contributed by atoms with Crippen molar-refractivity contribution in [2.45, 2.75) is 13.0 Å². The van der Waals surface area contributed by atoms with Gasteiger partial charge in [0.2, 0.25) is 0 Å². The van der Waals surface area contributed by atoms with E-state index in [1.165, 1.54) is 9.13 Å². The van der Waals surface area contributed by atoms with E-state index < -0.39 is 0 Å². The first-order valence-corrected chi connectivity index (χ1v) is 10.1. The minimum Gasteiger partial charge on any atom is -0.455 e. The number of ether oxygens (including phenoxy) is 1. The number of hydrogen-bond acceptors (Lipinski definition) is 5. The van der Waals surface area contributed by atoms with E-state index in [9.17, 15) is 9.59 Å². The lowest BCUT2D eigenvalue weighted by Gasteiger charge is -2.22. The Labute approximate surface area is 179 Å². The number of imidazole rings is 1. The van der Waals surface area contributed by atoms with E-state index in [2.05, 4.69) is 9.88 Å². The van der Waals surface area contributed by atoms with Crippen LogP contribution in [-0.4, -0.2) is 32.3 Å². The third-order valence-corrected chi connectivity index (χ3v) is 5.32. The molecule has 0 saturated carbocycles. The van der Waals surface area contributed by atoms with Gasteiger partial charge in [0.05, 0.1) is 12.0 Å². The summed E-state index contributed by atoms with van der Waals surface area (Å²) in [5.41, 5.74) is 1.10. The number of anilines is 1. The lowest BCUT2D eigenvalue weighted by molar-refractivity contribution is 0.481. The van der Waals surface area contributed by atoms with Crippen molar-refractivity contribution in [3.05, 3.63) is 81.8 Å². The first-order chi connectivity index (χ1) is 15.0. The van der Waals surface area contributed by atoms with Crippen LogP contribution in [0.1, 0.15) is 6.42 Å². The van der Waals surface area contributed by atoms with E-state index in [0.717, 1.165) is 17.2 Å². The van der Waals surface area contributed by atoms with Crippen LogP contribution in [0.5, 0.6) is 11.5 Å². The molecule has 0 fully saturated rings. The minimum atomic E-state index is -0.355. The molecule has 0 atom stereocenters. The number of rotatable bonds is 7. The summed E-state index contributed by atoms with van der Waals surface area (Å²) in [5.74, 6) is 1.52. The fraction of sp³-hybridized carbons (Fsp3) is 0.261. The number of aryl methyl sites for hydroxylation is 2. The van der Waals surface area contributed by atoms with E-state index in [1.807, 2.05) is 61.6 Å². The lowest BCUT2D eigenvalue weighted by Crippen LogP contribution is -2.40. The Morgan fingerprint density at radius 3 is 2.48 bits per heavy atom. The summed E-state index contributed by atoms with van der Waals surface area (Å²) in [4.78, 5) is 31.7. The van der Waals surface area contributed by atoms with Gasteiger partial charge in [0.15, 0.2) is 16.9 Å². The molecule has 0 bridgehead atoms. The van der Waals surface area contributed by atoms with Crippen LogP contribution < -0.4 is 20.9 Å². The highest BCUT2D eigenvalue weighted by Gasteiger charge is 2.15. The van der Waals surface area contributed by atoms with Crippen molar-refractivity contribution in [1.29, 1.82) is 0 Å². The SMILES string of the molecule is CN(CCCn1c(=O)c2c(ncn2C)n(C)c1=O)c1ccccc1Oc1ccccc1. The van der Waals surface area contributed by atoms with Crippen molar-refractivity contribution in [2.24, 2.45) is 14.1 Å². The third kappa shape index (κ3) is 3.96. The first kappa shape index (κ1) is 20.5. The molecule has 0 unspecified atom stereocenters. The molecular weight excluding hydrogens is 394 g/mol. The maximum atomic E-state index is 12.8. The maximum absolute atomic E-state index is 12.8. The van der Waals surface area contributed by atoms with Crippen LogP contribution in [0.3, 0.4) is 0 Å². The molecule has 0 N–H and O–H groups in total. The number of fused-ring (bicyclic) bond motifs is 1. The lowest BCUT2D eigenvalue weighted by atomic mass is 10.2. The average molecular weight is 419 g/mol. The molecule has 8 nitrogen and oxygen atoms in total. The van der Waals surface area contributed by atoms with E-state index in [0.29, 0.717) is 30.7 Å². The molecule has 0 amide bonds. The molecule has 0 saturated heterocycles. The summed E-state index contributed by atoms with van der Waals surface area (Å²) in [6.45, 7) is 0.965. The highest BCUT2D eigenvalue weighted by Crippen LogP contribution is 2.31. The van der Waals surface area contributed by atoms with Crippen molar-refractivity contribution < 1.29 is 4.74 Å². The smallest absolute Gasteiger partial charge is 0.332 e. The fourth-order valence-electron chi connectivity index (χ4n) is 3.65. The van der Waals surface area contributed by atoms with Gasteiger partial charge in [-0.2, -0.15) is 0 Å².